The van der Waals surface area contributed by atoms with E-state index < -0.39 is 8.07 Å². The van der Waals surface area contributed by atoms with Gasteiger partial charge in [0.15, 0.2) is 0 Å². The Labute approximate surface area is 172 Å². The number of fused-ring (bicyclic) bond motifs is 2. The summed E-state index contributed by atoms with van der Waals surface area (Å²) < 4.78 is 7.79. The predicted molar refractivity (Wildman–Crippen MR) is 114 cm³/mol. The summed E-state index contributed by atoms with van der Waals surface area (Å²) in [6, 6.07) is 3.42. The fourth-order valence-electron chi connectivity index (χ4n) is 4.40. The lowest BCUT2D eigenvalue weighted by Crippen LogP contribution is -2.26. The summed E-state index contributed by atoms with van der Waals surface area (Å²) in [5.74, 6) is 1.53. The monoisotopic (exact) mass is 417 g/mol. The molecule has 2 aromatic heterocycles. The lowest BCUT2D eigenvalue weighted by molar-refractivity contribution is 0.0898. The van der Waals surface area contributed by atoms with E-state index >= 15 is 0 Å². The van der Waals surface area contributed by atoms with Gasteiger partial charge in [0.05, 0.1) is 10.9 Å². The molecule has 28 heavy (non-hydrogen) atoms. The molecule has 0 amide bonds. The Hall–Kier alpha value is -1.62. The van der Waals surface area contributed by atoms with Gasteiger partial charge in [-0.2, -0.15) is 15.2 Å². The average molecular weight is 418 g/mol. The van der Waals surface area contributed by atoms with Gasteiger partial charge in [-0.15, -0.1) is 0 Å². The first kappa shape index (κ1) is 19.7. The molecule has 3 heterocycles. The molecule has 8 heteroatoms. The van der Waals surface area contributed by atoms with E-state index in [1.54, 1.807) is 0 Å². The van der Waals surface area contributed by atoms with Gasteiger partial charge in [0.1, 0.15) is 24.3 Å². The zero-order valence-electron chi connectivity index (χ0n) is 17.1. The number of nitriles is 1. The summed E-state index contributed by atoms with van der Waals surface area (Å²) in [7, 11) is -1.14. The van der Waals surface area contributed by atoms with Gasteiger partial charge in [-0.25, -0.2) is 0 Å². The smallest absolute Gasteiger partial charge is 0.226 e. The molecule has 1 saturated carbocycles. The molecule has 0 spiro atoms. The molecule has 2 unspecified atom stereocenters. The van der Waals surface area contributed by atoms with E-state index in [1.807, 2.05) is 10.8 Å². The third-order valence-corrected chi connectivity index (χ3v) is 8.20. The third-order valence-electron chi connectivity index (χ3n) is 6.33. The van der Waals surface area contributed by atoms with Crippen molar-refractivity contribution in [2.75, 3.05) is 24.6 Å². The summed E-state index contributed by atoms with van der Waals surface area (Å²) in [5, 5.41) is 10.7. The van der Waals surface area contributed by atoms with Gasteiger partial charge < -0.3 is 14.2 Å². The van der Waals surface area contributed by atoms with E-state index in [0.29, 0.717) is 23.4 Å². The van der Waals surface area contributed by atoms with Gasteiger partial charge in [0, 0.05) is 34.0 Å². The van der Waals surface area contributed by atoms with Crippen LogP contribution in [0.2, 0.25) is 31.0 Å². The molecule has 0 N–H and O–H groups in total. The SMILES string of the molecule is CCC12CC1CN(c1nc(Cl)nc3c1c(C#N)cn3COCC[Si](C)(C)C)C2. The van der Waals surface area contributed by atoms with Crippen molar-refractivity contribution in [3.63, 3.8) is 0 Å². The van der Waals surface area contributed by atoms with Gasteiger partial charge in [0.2, 0.25) is 5.28 Å². The minimum Gasteiger partial charge on any atom is -0.361 e. The Morgan fingerprint density at radius 1 is 1.39 bits per heavy atom. The number of hydrogen-bond donors (Lipinski definition) is 0. The second kappa shape index (κ2) is 7.01. The zero-order valence-corrected chi connectivity index (χ0v) is 18.9. The number of ether oxygens (including phenoxy) is 1. The van der Waals surface area contributed by atoms with Crippen molar-refractivity contribution in [3.05, 3.63) is 17.0 Å². The van der Waals surface area contributed by atoms with Gasteiger partial charge >= 0.3 is 0 Å². The van der Waals surface area contributed by atoms with Crippen LogP contribution >= 0.6 is 11.6 Å². The van der Waals surface area contributed by atoms with E-state index in [-0.39, 0.29) is 5.28 Å². The molecule has 150 valence electrons. The van der Waals surface area contributed by atoms with Crippen LogP contribution in [0.5, 0.6) is 0 Å². The first-order chi connectivity index (χ1) is 13.3. The molecule has 0 bridgehead atoms. The molecule has 4 rings (SSSR count). The number of halogens is 1. The lowest BCUT2D eigenvalue weighted by Gasteiger charge is -2.22. The molecular formula is C20H28ClN5OSi. The van der Waals surface area contributed by atoms with E-state index in [0.717, 1.165) is 42.9 Å². The maximum Gasteiger partial charge on any atom is 0.226 e. The van der Waals surface area contributed by atoms with Crippen molar-refractivity contribution >= 4 is 36.5 Å². The number of piperidine rings is 1. The number of anilines is 1. The van der Waals surface area contributed by atoms with Crippen LogP contribution in [0.3, 0.4) is 0 Å². The highest BCUT2D eigenvalue weighted by Crippen LogP contribution is 2.60. The summed E-state index contributed by atoms with van der Waals surface area (Å²) in [4.78, 5) is 11.3. The van der Waals surface area contributed by atoms with Crippen LogP contribution in [0.1, 0.15) is 25.3 Å². The Morgan fingerprint density at radius 3 is 2.82 bits per heavy atom. The molecule has 2 aromatic rings. The highest BCUT2D eigenvalue weighted by molar-refractivity contribution is 6.76. The summed E-state index contributed by atoms with van der Waals surface area (Å²) in [6.45, 7) is 12.3. The number of aromatic nitrogens is 3. The van der Waals surface area contributed by atoms with Crippen LogP contribution in [0.4, 0.5) is 5.82 Å². The molecule has 6 nitrogen and oxygen atoms in total. The third kappa shape index (κ3) is 3.54. The van der Waals surface area contributed by atoms with Crippen molar-refractivity contribution in [1.82, 2.24) is 14.5 Å². The first-order valence-corrected chi connectivity index (χ1v) is 14.1. The van der Waals surface area contributed by atoms with Gasteiger partial charge in [-0.1, -0.05) is 26.6 Å². The van der Waals surface area contributed by atoms with Crippen molar-refractivity contribution in [2.24, 2.45) is 11.3 Å². The number of rotatable bonds is 7. The van der Waals surface area contributed by atoms with Crippen LogP contribution in [-0.2, 0) is 11.5 Å². The molecule has 1 saturated heterocycles. The molecule has 0 radical (unpaired) electrons. The van der Waals surface area contributed by atoms with Crippen LogP contribution < -0.4 is 4.90 Å². The average Bonchev–Trinajstić information content (AvgIpc) is 3.02. The van der Waals surface area contributed by atoms with Crippen molar-refractivity contribution in [3.8, 4) is 6.07 Å². The van der Waals surface area contributed by atoms with Crippen LogP contribution in [-0.4, -0.2) is 42.3 Å². The first-order valence-electron chi connectivity index (χ1n) is 10.1. The molecule has 1 aliphatic heterocycles. The van der Waals surface area contributed by atoms with Crippen LogP contribution in [0.15, 0.2) is 6.20 Å². The number of hydrogen-bond acceptors (Lipinski definition) is 5. The van der Waals surface area contributed by atoms with E-state index in [9.17, 15) is 5.26 Å². The Balaban J connectivity index is 1.63. The fraction of sp³-hybridized carbons (Fsp3) is 0.650. The van der Waals surface area contributed by atoms with Gasteiger partial charge in [-0.05, 0) is 41.8 Å². The standard InChI is InChI=1S/C20H28ClN5OSi/c1-5-20-8-15(20)11-25(12-20)17-16-14(9-22)10-26(18(16)24-19(21)23-17)13-27-6-7-28(2,3)4/h10,15H,5-8,11-13H2,1-4H3. The maximum absolute atomic E-state index is 9.72. The normalized spacial score (nSPS) is 23.9. The summed E-state index contributed by atoms with van der Waals surface area (Å²) in [6.07, 6.45) is 4.31. The molecular weight excluding hydrogens is 390 g/mol. The van der Waals surface area contributed by atoms with E-state index in [4.69, 9.17) is 16.3 Å². The van der Waals surface area contributed by atoms with Crippen molar-refractivity contribution in [2.45, 2.75) is 52.2 Å². The molecule has 1 aliphatic carbocycles. The lowest BCUT2D eigenvalue weighted by atomic mass is 10.0. The Morgan fingerprint density at radius 2 is 2.18 bits per heavy atom. The molecule has 2 atom stereocenters. The van der Waals surface area contributed by atoms with Crippen molar-refractivity contribution < 1.29 is 4.74 Å². The maximum atomic E-state index is 9.72. The Bertz CT molecular complexity index is 943. The molecule has 2 fully saturated rings. The molecule has 0 aromatic carbocycles. The second-order valence-electron chi connectivity index (χ2n) is 9.48. The summed E-state index contributed by atoms with van der Waals surface area (Å²) >= 11 is 6.28. The minimum absolute atomic E-state index is 0.222. The van der Waals surface area contributed by atoms with Crippen LogP contribution in [0, 0.1) is 22.7 Å². The topological polar surface area (TPSA) is 67.0 Å². The van der Waals surface area contributed by atoms with Gasteiger partial charge in [0.25, 0.3) is 0 Å². The Kier molecular flexibility index (Phi) is 4.93. The number of nitrogens with zero attached hydrogens (tertiary/aromatic N) is 5. The quantitative estimate of drug-likeness (QED) is 0.376. The second-order valence-corrected chi connectivity index (χ2v) is 15.4. The largest absolute Gasteiger partial charge is 0.361 e. The highest BCUT2D eigenvalue weighted by Gasteiger charge is 2.58. The minimum atomic E-state index is -1.14. The fourth-order valence-corrected chi connectivity index (χ4v) is 5.31. The predicted octanol–water partition coefficient (Wildman–Crippen LogP) is 4.50. The van der Waals surface area contributed by atoms with Crippen LogP contribution in [0.25, 0.3) is 11.0 Å². The van der Waals surface area contributed by atoms with E-state index in [2.05, 4.69) is 47.5 Å². The van der Waals surface area contributed by atoms with E-state index in [1.165, 1.54) is 12.8 Å². The zero-order chi connectivity index (χ0) is 20.1. The van der Waals surface area contributed by atoms with Gasteiger partial charge in [-0.3, -0.25) is 0 Å². The molecule has 2 aliphatic rings. The summed E-state index contributed by atoms with van der Waals surface area (Å²) in [5.41, 5.74) is 1.70. The highest BCUT2D eigenvalue weighted by atomic mass is 35.5. The van der Waals surface area contributed by atoms with Crippen molar-refractivity contribution in [1.29, 1.82) is 5.26 Å².